The van der Waals surface area contributed by atoms with E-state index in [9.17, 15) is 9.90 Å². The number of aliphatic hydroxyl groups excluding tert-OH is 1. The molecule has 1 atom stereocenters. The number of aliphatic hydroxyl groups is 1. The molecule has 0 spiro atoms. The Labute approximate surface area is 173 Å². The number of rotatable bonds is 6. The van der Waals surface area contributed by atoms with Crippen molar-refractivity contribution in [3.8, 4) is 5.69 Å². The molecule has 1 aliphatic heterocycles. The molecule has 0 radical (unpaired) electrons. The highest BCUT2D eigenvalue weighted by Crippen LogP contribution is 2.28. The number of pyridine rings is 1. The average Bonchev–Trinajstić information content (AvgIpc) is 3.34. The van der Waals surface area contributed by atoms with E-state index in [0.717, 1.165) is 41.7 Å². The fourth-order valence-corrected chi connectivity index (χ4v) is 4.07. The van der Waals surface area contributed by atoms with E-state index in [1.807, 2.05) is 18.2 Å². The summed E-state index contributed by atoms with van der Waals surface area (Å²) in [6.45, 7) is 3.54. The molecule has 0 unspecified atom stereocenters. The van der Waals surface area contributed by atoms with Gasteiger partial charge in [0.25, 0.3) is 0 Å². The van der Waals surface area contributed by atoms with Crippen molar-refractivity contribution in [3.05, 3.63) is 52.9 Å². The van der Waals surface area contributed by atoms with Gasteiger partial charge in [0, 0.05) is 29.2 Å². The molecule has 0 aliphatic carbocycles. The zero-order valence-corrected chi connectivity index (χ0v) is 17.0. The Morgan fingerprint density at radius 2 is 2.24 bits per heavy atom. The van der Waals surface area contributed by atoms with Crippen LogP contribution in [0.3, 0.4) is 0 Å². The van der Waals surface area contributed by atoms with Gasteiger partial charge in [0.1, 0.15) is 5.56 Å². The van der Waals surface area contributed by atoms with Gasteiger partial charge < -0.3 is 9.84 Å². The second-order valence-corrected chi connectivity index (χ2v) is 7.51. The minimum absolute atomic E-state index is 0.0846. The summed E-state index contributed by atoms with van der Waals surface area (Å²) in [7, 11) is 0. The number of nitrogens with zero attached hydrogens (tertiary/aromatic N) is 4. The van der Waals surface area contributed by atoms with Crippen LogP contribution in [0.15, 0.2) is 36.7 Å². The van der Waals surface area contributed by atoms with Crippen LogP contribution in [-0.2, 0) is 11.3 Å². The van der Waals surface area contributed by atoms with Crippen molar-refractivity contribution < 1.29 is 14.6 Å². The van der Waals surface area contributed by atoms with Gasteiger partial charge in [-0.3, -0.25) is 9.88 Å². The number of benzene rings is 1. The lowest BCUT2D eigenvalue weighted by molar-refractivity contribution is 0.0523. The van der Waals surface area contributed by atoms with Crippen LogP contribution in [0.4, 0.5) is 0 Å². The Hall–Kier alpha value is -2.48. The molecule has 8 heteroatoms. The van der Waals surface area contributed by atoms with Crippen molar-refractivity contribution in [1.29, 1.82) is 0 Å². The first-order valence-electron chi connectivity index (χ1n) is 9.76. The van der Waals surface area contributed by atoms with Gasteiger partial charge in [0.2, 0.25) is 0 Å². The summed E-state index contributed by atoms with van der Waals surface area (Å²) in [4.78, 5) is 19.2. The number of hydrogen-bond acceptors (Lipinski definition) is 6. The van der Waals surface area contributed by atoms with E-state index < -0.39 is 5.97 Å². The quantitative estimate of drug-likeness (QED) is 0.624. The van der Waals surface area contributed by atoms with Crippen molar-refractivity contribution >= 4 is 28.5 Å². The Kier molecular flexibility index (Phi) is 5.80. The van der Waals surface area contributed by atoms with Gasteiger partial charge in [-0.05, 0) is 50.6 Å². The molecule has 3 heterocycles. The topological polar surface area (TPSA) is 80.5 Å². The third-order valence-electron chi connectivity index (χ3n) is 5.34. The highest BCUT2D eigenvalue weighted by atomic mass is 35.5. The summed E-state index contributed by atoms with van der Waals surface area (Å²) in [5.41, 5.74) is 2.75. The lowest BCUT2D eigenvalue weighted by Crippen LogP contribution is -2.33. The molecule has 152 valence electrons. The summed E-state index contributed by atoms with van der Waals surface area (Å²) >= 11 is 6.12. The molecule has 2 aromatic heterocycles. The SMILES string of the molecule is CCOC(=O)c1cnn(-c2ccnc3cc(Cl)ccc23)c1CN1CCC[C@H]1CO. The van der Waals surface area contributed by atoms with Crippen LogP contribution in [0.2, 0.25) is 5.02 Å². The molecule has 1 N–H and O–H groups in total. The maximum atomic E-state index is 12.6. The summed E-state index contributed by atoms with van der Waals surface area (Å²) in [5.74, 6) is -0.394. The zero-order valence-electron chi connectivity index (χ0n) is 16.2. The van der Waals surface area contributed by atoms with E-state index in [2.05, 4.69) is 15.0 Å². The Balaban J connectivity index is 1.82. The van der Waals surface area contributed by atoms with Crippen LogP contribution in [0, 0.1) is 0 Å². The van der Waals surface area contributed by atoms with Crippen molar-refractivity contribution in [3.63, 3.8) is 0 Å². The lowest BCUT2D eigenvalue weighted by atomic mass is 10.1. The number of hydrogen-bond donors (Lipinski definition) is 1. The number of likely N-dealkylation sites (tertiary alicyclic amines) is 1. The third-order valence-corrected chi connectivity index (χ3v) is 5.57. The van der Waals surface area contributed by atoms with Gasteiger partial charge in [-0.1, -0.05) is 11.6 Å². The smallest absolute Gasteiger partial charge is 0.341 e. The molecule has 1 fully saturated rings. The molecule has 7 nitrogen and oxygen atoms in total. The van der Waals surface area contributed by atoms with E-state index in [-0.39, 0.29) is 12.6 Å². The van der Waals surface area contributed by atoms with Crippen LogP contribution in [0.25, 0.3) is 16.6 Å². The molecule has 0 amide bonds. The minimum Gasteiger partial charge on any atom is -0.462 e. The number of ether oxygens (including phenoxy) is 1. The molecule has 1 aromatic carbocycles. The Morgan fingerprint density at radius 3 is 3.03 bits per heavy atom. The number of aromatic nitrogens is 3. The van der Waals surface area contributed by atoms with Gasteiger partial charge in [-0.2, -0.15) is 5.10 Å². The van der Waals surface area contributed by atoms with Gasteiger partial charge >= 0.3 is 5.97 Å². The standard InChI is InChI=1S/C21H23ClN4O3/c1-2-29-21(28)17-11-24-26(20(17)12-25-9-3-4-15(25)13-27)19-7-8-23-18-10-14(22)5-6-16(18)19/h5-8,10-11,15,27H,2-4,9,12-13H2,1H3/t15-/m0/s1. The fourth-order valence-electron chi connectivity index (χ4n) is 3.91. The van der Waals surface area contributed by atoms with Gasteiger partial charge in [0.05, 0.1) is 36.3 Å². The maximum absolute atomic E-state index is 12.6. The van der Waals surface area contributed by atoms with Gasteiger partial charge in [-0.15, -0.1) is 0 Å². The highest BCUT2D eigenvalue weighted by Gasteiger charge is 2.28. The van der Waals surface area contributed by atoms with Crippen molar-refractivity contribution in [2.75, 3.05) is 19.8 Å². The molecule has 0 saturated carbocycles. The molecule has 3 aromatic rings. The first-order chi connectivity index (χ1) is 14.1. The summed E-state index contributed by atoms with van der Waals surface area (Å²) in [6.07, 6.45) is 5.22. The van der Waals surface area contributed by atoms with Gasteiger partial charge in [0.15, 0.2) is 0 Å². The van der Waals surface area contributed by atoms with Crippen molar-refractivity contribution in [1.82, 2.24) is 19.7 Å². The maximum Gasteiger partial charge on any atom is 0.341 e. The lowest BCUT2D eigenvalue weighted by Gasteiger charge is -2.23. The average molecular weight is 415 g/mol. The predicted molar refractivity (Wildman–Crippen MR) is 110 cm³/mol. The molecule has 4 rings (SSSR count). The Morgan fingerprint density at radius 1 is 1.38 bits per heavy atom. The van der Waals surface area contributed by atoms with Gasteiger partial charge in [-0.25, -0.2) is 9.48 Å². The first kappa shape index (κ1) is 19.8. The van der Waals surface area contributed by atoms with Crippen LogP contribution >= 0.6 is 11.6 Å². The van der Waals surface area contributed by atoms with Crippen LogP contribution in [0.1, 0.15) is 35.8 Å². The normalized spacial score (nSPS) is 17.1. The molecular weight excluding hydrogens is 392 g/mol. The number of fused-ring (bicyclic) bond motifs is 1. The van der Waals surface area contributed by atoms with E-state index >= 15 is 0 Å². The second-order valence-electron chi connectivity index (χ2n) is 7.08. The summed E-state index contributed by atoms with van der Waals surface area (Å²) in [5, 5.41) is 15.7. The first-order valence-corrected chi connectivity index (χ1v) is 10.1. The minimum atomic E-state index is -0.394. The van der Waals surface area contributed by atoms with Crippen LogP contribution < -0.4 is 0 Å². The molecule has 0 bridgehead atoms. The number of halogens is 1. The van der Waals surface area contributed by atoms with Crippen molar-refractivity contribution in [2.45, 2.75) is 32.4 Å². The summed E-state index contributed by atoms with van der Waals surface area (Å²) < 4.78 is 7.02. The molecule has 1 saturated heterocycles. The molecule has 29 heavy (non-hydrogen) atoms. The largest absolute Gasteiger partial charge is 0.462 e. The third kappa shape index (κ3) is 3.85. The summed E-state index contributed by atoms with van der Waals surface area (Å²) in [6, 6.07) is 7.48. The number of carbonyl (C=O) groups is 1. The van der Waals surface area contributed by atoms with E-state index in [0.29, 0.717) is 23.7 Å². The predicted octanol–water partition coefficient (Wildman–Crippen LogP) is 3.21. The number of esters is 1. The molecular formula is C21H23ClN4O3. The van der Waals surface area contributed by atoms with E-state index in [1.165, 1.54) is 0 Å². The van der Waals surface area contributed by atoms with E-state index in [4.69, 9.17) is 16.3 Å². The van der Waals surface area contributed by atoms with E-state index in [1.54, 1.807) is 30.1 Å². The Bertz CT molecular complexity index is 1040. The number of carbonyl (C=O) groups excluding carboxylic acids is 1. The highest BCUT2D eigenvalue weighted by molar-refractivity contribution is 6.31. The fraction of sp³-hybridized carbons (Fsp3) is 0.381. The zero-order chi connectivity index (χ0) is 20.4. The second kappa shape index (κ2) is 8.49. The van der Waals surface area contributed by atoms with Crippen LogP contribution in [0.5, 0.6) is 0 Å². The monoisotopic (exact) mass is 414 g/mol. The van der Waals surface area contributed by atoms with Crippen molar-refractivity contribution in [2.24, 2.45) is 0 Å². The molecule has 1 aliphatic rings. The van der Waals surface area contributed by atoms with Crippen LogP contribution in [-0.4, -0.2) is 56.5 Å².